The van der Waals surface area contributed by atoms with E-state index in [9.17, 15) is 9.18 Å². The second-order valence-electron chi connectivity index (χ2n) is 7.38. The van der Waals surface area contributed by atoms with E-state index in [2.05, 4.69) is 29.0 Å². The Morgan fingerprint density at radius 2 is 2.00 bits per heavy atom. The minimum absolute atomic E-state index is 0.244. The van der Waals surface area contributed by atoms with Crippen LogP contribution >= 0.6 is 11.8 Å². The molecule has 0 fully saturated rings. The standard InChI is InChI=1S/C22H21FN4O2S/c1-13(2)12-30-22-24-20-19(25-26-22)17-9-4-5-10-18(17)27(14(3)28)21(29-20)15-7-6-8-16(23)11-15/h4-11,13,21H,12H2,1-3H3/t21-/m0/s1. The zero-order valence-corrected chi connectivity index (χ0v) is 17.7. The first-order valence-corrected chi connectivity index (χ1v) is 10.6. The first kappa shape index (κ1) is 20.3. The summed E-state index contributed by atoms with van der Waals surface area (Å²) in [5.41, 5.74) is 2.24. The molecule has 154 valence electrons. The molecule has 0 saturated heterocycles. The summed E-state index contributed by atoms with van der Waals surface area (Å²) >= 11 is 1.49. The monoisotopic (exact) mass is 424 g/mol. The summed E-state index contributed by atoms with van der Waals surface area (Å²) < 4.78 is 20.2. The number of hydrogen-bond donors (Lipinski definition) is 0. The van der Waals surface area contributed by atoms with Crippen molar-refractivity contribution in [2.24, 2.45) is 5.92 Å². The van der Waals surface area contributed by atoms with Crippen LogP contribution in [0.5, 0.6) is 5.88 Å². The highest BCUT2D eigenvalue weighted by molar-refractivity contribution is 7.99. The molecule has 1 amide bonds. The molecule has 2 heterocycles. The van der Waals surface area contributed by atoms with E-state index in [4.69, 9.17) is 4.74 Å². The number of thioether (sulfide) groups is 1. The number of halogens is 1. The average Bonchev–Trinajstić information content (AvgIpc) is 2.86. The lowest BCUT2D eigenvalue weighted by atomic mass is 10.1. The quantitative estimate of drug-likeness (QED) is 0.557. The molecule has 0 saturated carbocycles. The van der Waals surface area contributed by atoms with Crippen LogP contribution in [0, 0.1) is 11.7 Å². The molecule has 30 heavy (non-hydrogen) atoms. The molecule has 0 N–H and O–H groups in total. The molecule has 0 aliphatic carbocycles. The Balaban J connectivity index is 1.88. The van der Waals surface area contributed by atoms with Gasteiger partial charge in [-0.3, -0.25) is 9.69 Å². The minimum atomic E-state index is -0.889. The number of rotatable bonds is 4. The van der Waals surface area contributed by atoms with E-state index in [0.29, 0.717) is 33.6 Å². The van der Waals surface area contributed by atoms with Crippen molar-refractivity contribution < 1.29 is 13.9 Å². The topological polar surface area (TPSA) is 68.2 Å². The molecule has 0 bridgehead atoms. The molecule has 3 aromatic rings. The van der Waals surface area contributed by atoms with Crippen LogP contribution in [0.2, 0.25) is 0 Å². The van der Waals surface area contributed by atoms with E-state index >= 15 is 0 Å². The van der Waals surface area contributed by atoms with Gasteiger partial charge in [-0.25, -0.2) is 4.39 Å². The first-order chi connectivity index (χ1) is 14.4. The fourth-order valence-corrected chi connectivity index (χ4v) is 3.96. The molecule has 1 atom stereocenters. The van der Waals surface area contributed by atoms with Crippen molar-refractivity contribution in [2.45, 2.75) is 32.2 Å². The number of para-hydroxylation sites is 1. The number of amides is 1. The van der Waals surface area contributed by atoms with Crippen LogP contribution in [-0.2, 0) is 4.79 Å². The van der Waals surface area contributed by atoms with Gasteiger partial charge >= 0.3 is 0 Å². The molecule has 6 nitrogen and oxygen atoms in total. The molecule has 1 aliphatic heterocycles. The van der Waals surface area contributed by atoms with Gasteiger partial charge in [-0.2, -0.15) is 4.98 Å². The molecular formula is C22H21FN4O2S. The molecule has 1 aromatic heterocycles. The van der Waals surface area contributed by atoms with E-state index in [-0.39, 0.29) is 11.8 Å². The Bertz CT molecular complexity index is 1090. The van der Waals surface area contributed by atoms with Gasteiger partial charge in [-0.15, -0.1) is 10.2 Å². The molecule has 4 rings (SSSR count). The smallest absolute Gasteiger partial charge is 0.247 e. The summed E-state index contributed by atoms with van der Waals surface area (Å²) in [6.45, 7) is 5.67. The van der Waals surface area contributed by atoms with E-state index in [1.165, 1.54) is 35.7 Å². The van der Waals surface area contributed by atoms with Crippen molar-refractivity contribution >= 4 is 23.4 Å². The summed E-state index contributed by atoms with van der Waals surface area (Å²) in [6, 6.07) is 13.4. The van der Waals surface area contributed by atoms with Crippen LogP contribution in [0.15, 0.2) is 53.7 Å². The van der Waals surface area contributed by atoms with Gasteiger partial charge in [0, 0.05) is 23.8 Å². The maximum Gasteiger partial charge on any atom is 0.247 e. The predicted molar refractivity (Wildman–Crippen MR) is 114 cm³/mol. The SMILES string of the molecule is CC(=O)N1c2ccccc2-c2nnc(SCC(C)C)nc2O[C@H]1c1cccc(F)c1. The van der Waals surface area contributed by atoms with E-state index in [0.717, 1.165) is 5.75 Å². The summed E-state index contributed by atoms with van der Waals surface area (Å²) in [5.74, 6) is 0.913. The zero-order valence-electron chi connectivity index (χ0n) is 16.9. The fraction of sp³-hybridized carbons (Fsp3) is 0.273. The molecular weight excluding hydrogens is 403 g/mol. The highest BCUT2D eigenvalue weighted by Gasteiger charge is 2.34. The van der Waals surface area contributed by atoms with Crippen molar-refractivity contribution in [3.63, 3.8) is 0 Å². The number of carbonyl (C=O) groups excluding carboxylic acids is 1. The lowest BCUT2D eigenvalue weighted by molar-refractivity contribution is -0.118. The number of ether oxygens (including phenoxy) is 1. The Morgan fingerprint density at radius 1 is 1.20 bits per heavy atom. The van der Waals surface area contributed by atoms with Gasteiger partial charge in [0.1, 0.15) is 5.82 Å². The van der Waals surface area contributed by atoms with Crippen LogP contribution in [0.4, 0.5) is 10.1 Å². The summed E-state index contributed by atoms with van der Waals surface area (Å²) in [7, 11) is 0. The number of fused-ring (bicyclic) bond motifs is 3. The zero-order chi connectivity index (χ0) is 21.3. The van der Waals surface area contributed by atoms with E-state index in [1.807, 2.05) is 24.3 Å². The Morgan fingerprint density at radius 3 is 2.73 bits per heavy atom. The number of aromatic nitrogens is 3. The summed E-state index contributed by atoms with van der Waals surface area (Å²) in [5, 5.41) is 9.11. The lowest BCUT2D eigenvalue weighted by Crippen LogP contribution is -2.36. The molecule has 2 aromatic carbocycles. The summed E-state index contributed by atoms with van der Waals surface area (Å²) in [6.07, 6.45) is -0.889. The fourth-order valence-electron chi connectivity index (χ4n) is 3.23. The van der Waals surface area contributed by atoms with Crippen LogP contribution in [-0.4, -0.2) is 26.8 Å². The number of hydrogen-bond acceptors (Lipinski definition) is 6. The second-order valence-corrected chi connectivity index (χ2v) is 8.37. The molecule has 0 radical (unpaired) electrons. The third-order valence-corrected chi connectivity index (χ3v) is 5.80. The Hall–Kier alpha value is -3.00. The van der Waals surface area contributed by atoms with Gasteiger partial charge < -0.3 is 4.74 Å². The van der Waals surface area contributed by atoms with Gasteiger partial charge in [0.25, 0.3) is 0 Å². The van der Waals surface area contributed by atoms with E-state index in [1.54, 1.807) is 12.1 Å². The van der Waals surface area contributed by atoms with Crippen LogP contribution in [0.3, 0.4) is 0 Å². The van der Waals surface area contributed by atoms with Gasteiger partial charge in [0.15, 0.2) is 5.69 Å². The first-order valence-electron chi connectivity index (χ1n) is 9.63. The summed E-state index contributed by atoms with van der Waals surface area (Å²) in [4.78, 5) is 18.7. The predicted octanol–water partition coefficient (Wildman–Crippen LogP) is 4.87. The Kier molecular flexibility index (Phi) is 5.67. The maximum absolute atomic E-state index is 14.0. The second kappa shape index (κ2) is 8.39. The van der Waals surface area contributed by atoms with Crippen molar-refractivity contribution in [3.05, 3.63) is 59.9 Å². The number of anilines is 1. The molecule has 0 spiro atoms. The highest BCUT2D eigenvalue weighted by atomic mass is 32.2. The van der Waals surface area contributed by atoms with Gasteiger partial charge in [0.2, 0.25) is 23.2 Å². The molecule has 8 heteroatoms. The number of carbonyl (C=O) groups is 1. The van der Waals surface area contributed by atoms with Crippen LogP contribution in [0.25, 0.3) is 11.3 Å². The van der Waals surface area contributed by atoms with Gasteiger partial charge in [0.05, 0.1) is 5.69 Å². The van der Waals surface area contributed by atoms with Crippen molar-refractivity contribution in [1.29, 1.82) is 0 Å². The average molecular weight is 425 g/mol. The number of benzene rings is 2. The van der Waals surface area contributed by atoms with Gasteiger partial charge in [-0.05, 0) is 24.1 Å². The van der Waals surface area contributed by atoms with Crippen molar-refractivity contribution in [2.75, 3.05) is 10.7 Å². The third-order valence-electron chi connectivity index (χ3n) is 4.53. The van der Waals surface area contributed by atoms with Gasteiger partial charge in [-0.1, -0.05) is 55.9 Å². The largest absolute Gasteiger partial charge is 0.447 e. The minimum Gasteiger partial charge on any atom is -0.447 e. The third kappa shape index (κ3) is 4.00. The van der Waals surface area contributed by atoms with Crippen molar-refractivity contribution in [1.82, 2.24) is 15.2 Å². The van der Waals surface area contributed by atoms with E-state index < -0.39 is 12.0 Å². The molecule has 0 unspecified atom stereocenters. The van der Waals surface area contributed by atoms with Crippen molar-refractivity contribution in [3.8, 4) is 17.1 Å². The van der Waals surface area contributed by atoms with Crippen LogP contribution in [0.1, 0.15) is 32.6 Å². The maximum atomic E-state index is 14.0. The highest BCUT2D eigenvalue weighted by Crippen LogP contribution is 2.43. The normalized spacial score (nSPS) is 15.2. The molecule has 1 aliphatic rings. The Labute approximate surface area is 178 Å². The van der Waals surface area contributed by atoms with Crippen LogP contribution < -0.4 is 9.64 Å². The number of nitrogens with zero attached hydrogens (tertiary/aromatic N) is 4. The lowest BCUT2D eigenvalue weighted by Gasteiger charge is -2.29.